The van der Waals surface area contributed by atoms with E-state index < -0.39 is 114 Å². The number of esters is 1. The molecule has 304 valence electrons. The number of aliphatic hydroxyl groups is 6. The van der Waals surface area contributed by atoms with Crippen molar-refractivity contribution in [1.82, 2.24) is 4.90 Å². The van der Waals surface area contributed by atoms with Gasteiger partial charge >= 0.3 is 5.97 Å². The molecule has 0 aromatic heterocycles. The molecule has 0 saturated carbocycles. The van der Waals surface area contributed by atoms with Gasteiger partial charge in [-0.3, -0.25) is 9.59 Å². The van der Waals surface area contributed by atoms with Crippen molar-refractivity contribution in [3.63, 3.8) is 0 Å². The zero-order valence-electron chi connectivity index (χ0n) is 33.1. The van der Waals surface area contributed by atoms with Crippen molar-refractivity contribution in [3.8, 4) is 0 Å². The first kappa shape index (κ1) is 45.1. The van der Waals surface area contributed by atoms with Gasteiger partial charge in [0.15, 0.2) is 12.6 Å². The molecular formula is C37H67NO14. The summed E-state index contributed by atoms with van der Waals surface area (Å²) in [5.74, 6) is -5.88. The van der Waals surface area contributed by atoms with Crippen molar-refractivity contribution in [1.29, 1.82) is 0 Å². The first-order chi connectivity index (χ1) is 24.0. The van der Waals surface area contributed by atoms with E-state index >= 15 is 0 Å². The van der Waals surface area contributed by atoms with Crippen molar-refractivity contribution in [3.05, 3.63) is 0 Å². The topological polar surface area (TPSA) is 214 Å². The van der Waals surface area contributed by atoms with Gasteiger partial charge in [0.25, 0.3) is 0 Å². The summed E-state index contributed by atoms with van der Waals surface area (Å²) in [4.78, 5) is 29.8. The average Bonchev–Trinajstić information content (AvgIpc) is 3.07. The number of cyclic esters (lactones) is 1. The number of Topliss-reactive ketones (excluding diaryl/α,β-unsaturated/α-hetero) is 1. The van der Waals surface area contributed by atoms with Gasteiger partial charge in [-0.15, -0.1) is 0 Å². The normalized spacial score (nSPS) is 49.0. The molecular weight excluding hydrogens is 682 g/mol. The number of ketones is 1. The predicted octanol–water partition coefficient (Wildman–Crippen LogP) is 0.758. The SMILES string of the molecule is CC[C@H]1OC(=O)[C@H](CO)[C@@H](O[C@H]2C[C@@](C)(OC)[C@@H](O)[C@H](C)O2)[C@H](C)[C@H](O[C@@H]2O[C@H](C)C[C@H](N(C)C)[C@H]2O)[C@@](C)(O)C[C@@H](C)C(=O)[C@H](C)[C@@H](O)[C@@]1(C)O. The summed E-state index contributed by atoms with van der Waals surface area (Å²) in [7, 11) is 5.10. The number of ether oxygens (including phenoxy) is 6. The monoisotopic (exact) mass is 749 g/mol. The van der Waals surface area contributed by atoms with E-state index in [1.54, 1.807) is 34.6 Å². The highest BCUT2D eigenvalue weighted by molar-refractivity contribution is 5.83. The lowest BCUT2D eigenvalue weighted by Gasteiger charge is -2.49. The van der Waals surface area contributed by atoms with E-state index in [9.17, 15) is 40.2 Å². The van der Waals surface area contributed by atoms with Gasteiger partial charge in [0.2, 0.25) is 0 Å². The Morgan fingerprint density at radius 1 is 0.923 bits per heavy atom. The van der Waals surface area contributed by atoms with Crippen LogP contribution in [-0.2, 0) is 38.0 Å². The molecule has 3 saturated heterocycles. The molecule has 3 aliphatic rings. The molecule has 0 aromatic carbocycles. The van der Waals surface area contributed by atoms with Crippen molar-refractivity contribution >= 4 is 11.8 Å². The third-order valence-corrected chi connectivity index (χ3v) is 11.9. The lowest BCUT2D eigenvalue weighted by Crippen LogP contribution is -2.61. The number of likely N-dealkylation sites (N-methyl/N-ethyl adjacent to an activating group) is 1. The van der Waals surface area contributed by atoms with Crippen LogP contribution in [-0.4, -0.2) is 159 Å². The van der Waals surface area contributed by atoms with Gasteiger partial charge in [0, 0.05) is 37.3 Å². The fourth-order valence-electron chi connectivity index (χ4n) is 8.46. The molecule has 52 heavy (non-hydrogen) atoms. The number of hydrogen-bond donors (Lipinski definition) is 6. The zero-order chi connectivity index (χ0) is 39.7. The molecule has 0 bridgehead atoms. The summed E-state index contributed by atoms with van der Waals surface area (Å²) in [5, 5.41) is 68.5. The average molecular weight is 750 g/mol. The Hall–Kier alpha value is -1.34. The van der Waals surface area contributed by atoms with Gasteiger partial charge in [-0.2, -0.15) is 0 Å². The summed E-state index contributed by atoms with van der Waals surface area (Å²) in [5.41, 5.74) is -5.07. The van der Waals surface area contributed by atoms with Gasteiger partial charge in [0.1, 0.15) is 35.6 Å². The van der Waals surface area contributed by atoms with E-state index in [1.807, 2.05) is 25.9 Å². The van der Waals surface area contributed by atoms with Crippen LogP contribution in [0.5, 0.6) is 0 Å². The van der Waals surface area contributed by atoms with E-state index in [-0.39, 0.29) is 31.4 Å². The number of carbonyl (C=O) groups excluding carboxylic acids is 2. The molecule has 15 heteroatoms. The van der Waals surface area contributed by atoms with Crippen LogP contribution in [0.25, 0.3) is 0 Å². The third kappa shape index (κ3) is 9.54. The number of hydrogen-bond acceptors (Lipinski definition) is 15. The van der Waals surface area contributed by atoms with Gasteiger partial charge in [-0.05, 0) is 68.0 Å². The summed E-state index contributed by atoms with van der Waals surface area (Å²) < 4.78 is 36.8. The van der Waals surface area contributed by atoms with Crippen LogP contribution >= 0.6 is 0 Å². The second-order valence-electron chi connectivity index (χ2n) is 16.5. The van der Waals surface area contributed by atoms with E-state index in [0.29, 0.717) is 6.42 Å². The van der Waals surface area contributed by atoms with Gasteiger partial charge in [-0.1, -0.05) is 27.7 Å². The summed E-state index contributed by atoms with van der Waals surface area (Å²) >= 11 is 0. The smallest absolute Gasteiger partial charge is 0.314 e. The van der Waals surface area contributed by atoms with Crippen LogP contribution in [0.2, 0.25) is 0 Å². The first-order valence-electron chi connectivity index (χ1n) is 18.6. The molecule has 0 amide bonds. The Labute approximate surface area is 308 Å². The highest BCUT2D eigenvalue weighted by atomic mass is 16.7. The van der Waals surface area contributed by atoms with Crippen LogP contribution in [0.4, 0.5) is 0 Å². The van der Waals surface area contributed by atoms with E-state index in [4.69, 9.17) is 28.4 Å². The van der Waals surface area contributed by atoms with Crippen molar-refractivity contribution < 1.29 is 68.6 Å². The predicted molar refractivity (Wildman–Crippen MR) is 188 cm³/mol. The highest BCUT2D eigenvalue weighted by Crippen LogP contribution is 2.40. The third-order valence-electron chi connectivity index (χ3n) is 11.9. The second-order valence-corrected chi connectivity index (χ2v) is 16.5. The van der Waals surface area contributed by atoms with Crippen molar-refractivity contribution in [2.45, 2.75) is 172 Å². The lowest BCUT2D eigenvalue weighted by atomic mass is 9.74. The number of rotatable bonds is 8. The first-order valence-corrected chi connectivity index (χ1v) is 18.6. The quantitative estimate of drug-likeness (QED) is 0.189. The molecule has 0 aliphatic carbocycles. The van der Waals surface area contributed by atoms with Gasteiger partial charge in [0.05, 0.1) is 48.3 Å². The molecule has 15 nitrogen and oxygen atoms in total. The Balaban J connectivity index is 2.22. The molecule has 0 unspecified atom stereocenters. The van der Waals surface area contributed by atoms with Crippen LogP contribution in [0.15, 0.2) is 0 Å². The lowest BCUT2D eigenvalue weighted by molar-refractivity contribution is -0.319. The molecule has 0 spiro atoms. The van der Waals surface area contributed by atoms with Gasteiger partial charge in [-0.25, -0.2) is 0 Å². The second kappa shape index (κ2) is 17.6. The minimum absolute atomic E-state index is 0.0156. The van der Waals surface area contributed by atoms with Crippen molar-refractivity contribution in [2.24, 2.45) is 23.7 Å². The fourth-order valence-corrected chi connectivity index (χ4v) is 8.46. The molecule has 3 heterocycles. The molecule has 3 aliphatic heterocycles. The van der Waals surface area contributed by atoms with Crippen LogP contribution in [0.1, 0.15) is 88.0 Å². The standard InChI is InChI=1S/C37H67NO14/c1-13-25-37(9,46)30(42)20(4)27(40)18(2)15-35(7,45)32(52-34-28(41)24(38(10)11)14-19(3)48-34)21(5)29(23(17-39)33(44)50-25)51-26-16-36(8,47-12)31(43)22(6)49-26/h18-26,28-32,34,39,41-43,45-46H,13-17H2,1-12H3/t18-,19-,20+,21+,22+,23-,24+,25-,26+,28-,29+,30-,31+,32+,34+,35+,36-,37+/m1/s1. The molecule has 18 atom stereocenters. The molecule has 3 rings (SSSR count). The van der Waals surface area contributed by atoms with Crippen LogP contribution < -0.4 is 0 Å². The van der Waals surface area contributed by atoms with E-state index in [1.165, 1.54) is 27.9 Å². The maximum atomic E-state index is 14.1. The number of methoxy groups -OCH3 is 1. The van der Waals surface area contributed by atoms with Crippen LogP contribution in [0.3, 0.4) is 0 Å². The Morgan fingerprint density at radius 2 is 1.54 bits per heavy atom. The maximum absolute atomic E-state index is 14.1. The zero-order valence-corrected chi connectivity index (χ0v) is 33.1. The molecule has 3 fully saturated rings. The molecule has 0 radical (unpaired) electrons. The van der Waals surface area contributed by atoms with Crippen LogP contribution in [0, 0.1) is 23.7 Å². The summed E-state index contributed by atoms with van der Waals surface area (Å²) in [6, 6.07) is -0.364. The number of nitrogens with zero attached hydrogens (tertiary/aromatic N) is 1. The summed E-state index contributed by atoms with van der Waals surface area (Å²) in [6.07, 6.45) is -10.8. The van der Waals surface area contributed by atoms with Crippen molar-refractivity contribution in [2.75, 3.05) is 27.8 Å². The Kier molecular flexibility index (Phi) is 15.3. The molecule has 6 N–H and O–H groups in total. The highest BCUT2D eigenvalue weighted by Gasteiger charge is 2.54. The number of aliphatic hydroxyl groups excluding tert-OH is 4. The minimum atomic E-state index is -2.08. The Bertz CT molecular complexity index is 1190. The maximum Gasteiger partial charge on any atom is 0.314 e. The minimum Gasteiger partial charge on any atom is -0.459 e. The largest absolute Gasteiger partial charge is 0.459 e. The molecule has 0 aromatic rings. The van der Waals surface area contributed by atoms with E-state index in [2.05, 4.69) is 0 Å². The van der Waals surface area contributed by atoms with Gasteiger partial charge < -0.3 is 64.0 Å². The summed E-state index contributed by atoms with van der Waals surface area (Å²) in [6.45, 7) is 13.5. The fraction of sp³-hybridized carbons (Fsp3) is 0.946. The Morgan fingerprint density at radius 3 is 2.08 bits per heavy atom. The number of carbonyl (C=O) groups is 2. The van der Waals surface area contributed by atoms with E-state index in [0.717, 1.165) is 0 Å².